The topological polar surface area (TPSA) is 25.2 Å². The van der Waals surface area contributed by atoms with Gasteiger partial charge in [-0.3, -0.25) is 0 Å². The molecule has 1 aromatic heterocycles. The van der Waals surface area contributed by atoms with Gasteiger partial charge in [-0.15, -0.1) is 0 Å². The number of rotatable bonds is 5. The highest BCUT2D eigenvalue weighted by Gasteiger charge is 2.36. The summed E-state index contributed by atoms with van der Waals surface area (Å²) < 4.78 is 19.5. The predicted octanol–water partition coefficient (Wildman–Crippen LogP) is 4.39. The highest BCUT2D eigenvalue weighted by molar-refractivity contribution is 5.21. The summed E-state index contributed by atoms with van der Waals surface area (Å²) in [4.78, 5) is 0. The van der Waals surface area contributed by atoms with Crippen LogP contribution in [0.25, 0.3) is 0 Å². The SMILES string of the molecule is CC1CC1c1ccc(CN[C@H](C)c2ccccc2F)o1. The second kappa shape index (κ2) is 5.41. The Morgan fingerprint density at radius 1 is 1.30 bits per heavy atom. The van der Waals surface area contributed by atoms with Gasteiger partial charge in [0.15, 0.2) is 0 Å². The van der Waals surface area contributed by atoms with E-state index in [1.807, 2.05) is 25.1 Å². The lowest BCUT2D eigenvalue weighted by Gasteiger charge is -2.13. The van der Waals surface area contributed by atoms with Crippen LogP contribution < -0.4 is 5.32 Å². The van der Waals surface area contributed by atoms with E-state index in [0.717, 1.165) is 17.4 Å². The Balaban J connectivity index is 1.59. The summed E-state index contributed by atoms with van der Waals surface area (Å²) in [6, 6.07) is 10.9. The molecule has 1 saturated carbocycles. The van der Waals surface area contributed by atoms with E-state index in [1.165, 1.54) is 12.5 Å². The average molecular weight is 273 g/mol. The second-order valence-electron chi connectivity index (χ2n) is 5.75. The molecule has 2 unspecified atom stereocenters. The lowest BCUT2D eigenvalue weighted by Crippen LogP contribution is -2.18. The summed E-state index contributed by atoms with van der Waals surface area (Å²) in [6.45, 7) is 4.83. The van der Waals surface area contributed by atoms with Gasteiger partial charge < -0.3 is 9.73 Å². The van der Waals surface area contributed by atoms with Crippen LogP contribution >= 0.6 is 0 Å². The van der Waals surface area contributed by atoms with Crippen LogP contribution in [0.2, 0.25) is 0 Å². The first-order valence-corrected chi connectivity index (χ1v) is 7.21. The smallest absolute Gasteiger partial charge is 0.127 e. The Hall–Kier alpha value is -1.61. The third-order valence-corrected chi connectivity index (χ3v) is 4.11. The maximum atomic E-state index is 13.7. The van der Waals surface area contributed by atoms with Gasteiger partial charge in [0.05, 0.1) is 6.54 Å². The van der Waals surface area contributed by atoms with Gasteiger partial charge in [0.2, 0.25) is 0 Å². The second-order valence-corrected chi connectivity index (χ2v) is 5.75. The molecule has 1 heterocycles. The van der Waals surface area contributed by atoms with Crippen molar-refractivity contribution in [3.8, 4) is 0 Å². The number of hydrogen-bond donors (Lipinski definition) is 1. The lowest BCUT2D eigenvalue weighted by molar-refractivity contribution is 0.426. The minimum Gasteiger partial charge on any atom is -0.464 e. The summed E-state index contributed by atoms with van der Waals surface area (Å²) in [7, 11) is 0. The maximum Gasteiger partial charge on any atom is 0.127 e. The molecule has 106 valence electrons. The van der Waals surface area contributed by atoms with Crippen LogP contribution in [0.4, 0.5) is 4.39 Å². The van der Waals surface area contributed by atoms with E-state index in [4.69, 9.17) is 4.42 Å². The van der Waals surface area contributed by atoms with Crippen molar-refractivity contribution in [3.63, 3.8) is 0 Å². The molecule has 0 aliphatic heterocycles. The molecule has 1 aliphatic rings. The fraction of sp³-hybridized carbons (Fsp3) is 0.412. The standard InChI is InChI=1S/C17H20FNO/c1-11-9-15(11)17-8-7-13(20-17)10-19-12(2)14-5-3-4-6-16(14)18/h3-8,11-12,15,19H,9-10H2,1-2H3/t11?,12-,15?/m1/s1. The molecule has 3 atom stereocenters. The Bertz CT molecular complexity index is 592. The van der Waals surface area contributed by atoms with Crippen molar-refractivity contribution < 1.29 is 8.81 Å². The van der Waals surface area contributed by atoms with Gasteiger partial charge in [-0.25, -0.2) is 4.39 Å². The minimum atomic E-state index is -0.167. The molecule has 0 bridgehead atoms. The molecule has 2 aromatic rings. The molecule has 1 aliphatic carbocycles. The van der Waals surface area contributed by atoms with Gasteiger partial charge in [0.1, 0.15) is 17.3 Å². The largest absolute Gasteiger partial charge is 0.464 e. The van der Waals surface area contributed by atoms with E-state index < -0.39 is 0 Å². The molecule has 0 saturated heterocycles. The Morgan fingerprint density at radius 2 is 2.05 bits per heavy atom. The molecule has 3 rings (SSSR count). The van der Waals surface area contributed by atoms with E-state index in [-0.39, 0.29) is 11.9 Å². The number of hydrogen-bond acceptors (Lipinski definition) is 2. The molecule has 0 spiro atoms. The van der Waals surface area contributed by atoms with Crippen molar-refractivity contribution in [3.05, 3.63) is 59.3 Å². The van der Waals surface area contributed by atoms with Crippen LogP contribution in [-0.2, 0) is 6.54 Å². The van der Waals surface area contributed by atoms with Gasteiger partial charge in [0, 0.05) is 17.5 Å². The zero-order valence-corrected chi connectivity index (χ0v) is 11.9. The fourth-order valence-electron chi connectivity index (χ4n) is 2.60. The molecular weight excluding hydrogens is 253 g/mol. The quantitative estimate of drug-likeness (QED) is 0.873. The molecule has 1 aromatic carbocycles. The molecular formula is C17H20FNO. The zero-order valence-electron chi connectivity index (χ0n) is 11.9. The van der Waals surface area contributed by atoms with E-state index >= 15 is 0 Å². The van der Waals surface area contributed by atoms with Crippen molar-refractivity contribution >= 4 is 0 Å². The van der Waals surface area contributed by atoms with Crippen LogP contribution in [0, 0.1) is 11.7 Å². The normalized spacial score (nSPS) is 22.8. The number of nitrogens with one attached hydrogen (secondary N) is 1. The van der Waals surface area contributed by atoms with E-state index in [1.54, 1.807) is 6.07 Å². The van der Waals surface area contributed by atoms with Crippen molar-refractivity contribution in [2.75, 3.05) is 0 Å². The number of furan rings is 1. The third kappa shape index (κ3) is 2.78. The first-order valence-electron chi connectivity index (χ1n) is 7.21. The summed E-state index contributed by atoms with van der Waals surface area (Å²) in [5.74, 6) is 3.20. The Morgan fingerprint density at radius 3 is 2.75 bits per heavy atom. The van der Waals surface area contributed by atoms with Crippen LogP contribution in [0.15, 0.2) is 40.8 Å². The van der Waals surface area contributed by atoms with Crippen molar-refractivity contribution in [1.82, 2.24) is 5.32 Å². The van der Waals surface area contributed by atoms with Crippen molar-refractivity contribution in [2.45, 2.75) is 38.8 Å². The van der Waals surface area contributed by atoms with Crippen molar-refractivity contribution in [2.24, 2.45) is 5.92 Å². The van der Waals surface area contributed by atoms with E-state index in [2.05, 4.69) is 18.3 Å². The molecule has 0 radical (unpaired) electrons. The van der Waals surface area contributed by atoms with Crippen LogP contribution in [0.3, 0.4) is 0 Å². The molecule has 20 heavy (non-hydrogen) atoms. The minimum absolute atomic E-state index is 0.0374. The molecule has 3 heteroatoms. The fourth-order valence-corrected chi connectivity index (χ4v) is 2.60. The van der Waals surface area contributed by atoms with Crippen LogP contribution in [-0.4, -0.2) is 0 Å². The van der Waals surface area contributed by atoms with Gasteiger partial charge in [0.25, 0.3) is 0 Å². The van der Waals surface area contributed by atoms with Crippen LogP contribution in [0.5, 0.6) is 0 Å². The van der Waals surface area contributed by atoms with Gasteiger partial charge >= 0.3 is 0 Å². The molecule has 0 amide bonds. The zero-order chi connectivity index (χ0) is 14.1. The Kier molecular flexibility index (Phi) is 3.62. The molecule has 1 N–H and O–H groups in total. The third-order valence-electron chi connectivity index (χ3n) is 4.11. The highest BCUT2D eigenvalue weighted by Crippen LogP contribution is 2.47. The summed E-state index contributed by atoms with van der Waals surface area (Å²) in [5.41, 5.74) is 0.690. The maximum absolute atomic E-state index is 13.7. The number of halogens is 1. The first kappa shape index (κ1) is 13.4. The van der Waals surface area contributed by atoms with E-state index in [9.17, 15) is 4.39 Å². The van der Waals surface area contributed by atoms with Crippen molar-refractivity contribution in [1.29, 1.82) is 0 Å². The highest BCUT2D eigenvalue weighted by atomic mass is 19.1. The summed E-state index contributed by atoms with van der Waals surface area (Å²) >= 11 is 0. The number of benzene rings is 1. The summed E-state index contributed by atoms with van der Waals surface area (Å²) in [6.07, 6.45) is 1.23. The average Bonchev–Trinajstić information content (AvgIpc) is 3.00. The predicted molar refractivity (Wildman–Crippen MR) is 76.9 cm³/mol. The molecule has 2 nitrogen and oxygen atoms in total. The first-order chi connectivity index (χ1) is 9.65. The Labute approximate surface area is 119 Å². The van der Waals surface area contributed by atoms with Crippen LogP contribution in [0.1, 0.15) is 49.3 Å². The van der Waals surface area contributed by atoms with Gasteiger partial charge in [-0.2, -0.15) is 0 Å². The summed E-state index contributed by atoms with van der Waals surface area (Å²) in [5, 5.41) is 3.31. The van der Waals surface area contributed by atoms with Gasteiger partial charge in [-0.1, -0.05) is 25.1 Å². The lowest BCUT2D eigenvalue weighted by atomic mass is 10.1. The monoisotopic (exact) mass is 273 g/mol. The van der Waals surface area contributed by atoms with Gasteiger partial charge in [-0.05, 0) is 37.5 Å². The molecule has 1 fully saturated rings. The van der Waals surface area contributed by atoms with E-state index in [0.29, 0.717) is 18.0 Å².